The summed E-state index contributed by atoms with van der Waals surface area (Å²) in [7, 11) is 0. The highest BCUT2D eigenvalue weighted by atomic mass is 79.9. The number of hydrogen-bond acceptors (Lipinski definition) is 0. The highest BCUT2D eigenvalue weighted by molar-refractivity contribution is 9.10. The summed E-state index contributed by atoms with van der Waals surface area (Å²) in [6.07, 6.45) is 0. The third-order valence-corrected chi connectivity index (χ3v) is 5.97. The summed E-state index contributed by atoms with van der Waals surface area (Å²) in [6, 6.07) is 36.6. The van der Waals surface area contributed by atoms with Gasteiger partial charge in [-0.1, -0.05) is 103 Å². The van der Waals surface area contributed by atoms with E-state index in [0.717, 1.165) is 4.47 Å². The van der Waals surface area contributed by atoms with E-state index in [2.05, 4.69) is 119 Å². The van der Waals surface area contributed by atoms with E-state index in [4.69, 9.17) is 0 Å². The van der Waals surface area contributed by atoms with Gasteiger partial charge in [-0.2, -0.15) is 0 Å². The molecule has 0 saturated heterocycles. The van der Waals surface area contributed by atoms with E-state index in [1.165, 1.54) is 43.8 Å². The van der Waals surface area contributed by atoms with Crippen LogP contribution in [0.3, 0.4) is 0 Å². The number of halogens is 1. The summed E-state index contributed by atoms with van der Waals surface area (Å²) < 4.78 is 1.16. The summed E-state index contributed by atoms with van der Waals surface area (Å²) >= 11 is 3.90. The standard InChI is InChI=1S/C26H17Br/c27-26-24-13-7-5-11-22(24)21-10-4-6-12-23(21)25(26)20-16-14-19(15-17-20)18-8-2-1-3-9-18/h1-17H. The highest BCUT2D eigenvalue weighted by Crippen LogP contribution is 2.42. The lowest BCUT2D eigenvalue weighted by Crippen LogP contribution is -1.87. The first kappa shape index (κ1) is 16.3. The van der Waals surface area contributed by atoms with Gasteiger partial charge in [0.2, 0.25) is 0 Å². The van der Waals surface area contributed by atoms with Crippen LogP contribution in [-0.4, -0.2) is 0 Å². The van der Waals surface area contributed by atoms with Crippen LogP contribution in [0.15, 0.2) is 108 Å². The third kappa shape index (κ3) is 2.75. The largest absolute Gasteiger partial charge is 0.0622 e. The molecule has 0 saturated carbocycles. The molecule has 0 heterocycles. The molecule has 0 spiro atoms. The second-order valence-electron chi connectivity index (χ2n) is 6.72. The van der Waals surface area contributed by atoms with Gasteiger partial charge < -0.3 is 0 Å². The first-order chi connectivity index (χ1) is 13.3. The van der Waals surface area contributed by atoms with Crippen LogP contribution in [0, 0.1) is 0 Å². The van der Waals surface area contributed by atoms with Gasteiger partial charge in [0.1, 0.15) is 0 Å². The number of rotatable bonds is 2. The maximum atomic E-state index is 3.90. The molecule has 0 nitrogen and oxygen atoms in total. The molecule has 27 heavy (non-hydrogen) atoms. The van der Waals surface area contributed by atoms with Crippen molar-refractivity contribution in [2.75, 3.05) is 0 Å². The maximum absolute atomic E-state index is 3.90. The molecule has 0 aliphatic carbocycles. The fraction of sp³-hybridized carbons (Fsp3) is 0. The SMILES string of the molecule is Brc1c(-c2ccc(-c3ccccc3)cc2)c2ccccc2c2ccccc12. The van der Waals surface area contributed by atoms with Gasteiger partial charge >= 0.3 is 0 Å². The van der Waals surface area contributed by atoms with Crippen LogP contribution in [0.2, 0.25) is 0 Å². The zero-order chi connectivity index (χ0) is 18.2. The van der Waals surface area contributed by atoms with Crippen molar-refractivity contribution >= 4 is 37.5 Å². The zero-order valence-electron chi connectivity index (χ0n) is 14.7. The van der Waals surface area contributed by atoms with E-state index in [0.29, 0.717) is 0 Å². The lowest BCUT2D eigenvalue weighted by molar-refractivity contribution is 1.60. The second kappa shape index (κ2) is 6.68. The molecule has 0 atom stereocenters. The maximum Gasteiger partial charge on any atom is 0.0338 e. The molecular formula is C26H17Br. The Balaban J connectivity index is 1.76. The monoisotopic (exact) mass is 408 g/mol. The van der Waals surface area contributed by atoms with E-state index in [1.54, 1.807) is 0 Å². The summed E-state index contributed by atoms with van der Waals surface area (Å²) in [6.45, 7) is 0. The first-order valence-corrected chi connectivity index (χ1v) is 9.87. The van der Waals surface area contributed by atoms with Crippen LogP contribution >= 0.6 is 15.9 Å². The van der Waals surface area contributed by atoms with E-state index in [1.807, 2.05) is 0 Å². The molecular weight excluding hydrogens is 392 g/mol. The molecule has 0 N–H and O–H groups in total. The average Bonchev–Trinajstić information content (AvgIpc) is 2.75. The minimum Gasteiger partial charge on any atom is -0.0622 e. The molecule has 0 unspecified atom stereocenters. The van der Waals surface area contributed by atoms with Crippen LogP contribution in [-0.2, 0) is 0 Å². The molecule has 0 radical (unpaired) electrons. The number of fused-ring (bicyclic) bond motifs is 3. The first-order valence-electron chi connectivity index (χ1n) is 9.08. The average molecular weight is 409 g/mol. The van der Waals surface area contributed by atoms with Crippen molar-refractivity contribution in [3.63, 3.8) is 0 Å². The number of benzene rings is 5. The molecule has 128 valence electrons. The molecule has 0 bridgehead atoms. The Labute approximate surface area is 167 Å². The molecule has 5 aromatic carbocycles. The minimum atomic E-state index is 1.16. The van der Waals surface area contributed by atoms with Crippen LogP contribution < -0.4 is 0 Å². The Hall–Kier alpha value is -2.90. The third-order valence-electron chi connectivity index (χ3n) is 5.15. The van der Waals surface area contributed by atoms with Gasteiger partial charge in [-0.15, -0.1) is 0 Å². The molecule has 0 aliphatic rings. The smallest absolute Gasteiger partial charge is 0.0338 e. The van der Waals surface area contributed by atoms with Crippen molar-refractivity contribution < 1.29 is 0 Å². The predicted molar refractivity (Wildman–Crippen MR) is 120 cm³/mol. The van der Waals surface area contributed by atoms with Gasteiger partial charge in [0.25, 0.3) is 0 Å². The summed E-state index contributed by atoms with van der Waals surface area (Å²) in [4.78, 5) is 0. The van der Waals surface area contributed by atoms with Gasteiger partial charge in [-0.3, -0.25) is 0 Å². The van der Waals surface area contributed by atoms with Crippen LogP contribution in [0.1, 0.15) is 0 Å². The van der Waals surface area contributed by atoms with Gasteiger partial charge in [0.05, 0.1) is 0 Å². The van der Waals surface area contributed by atoms with Crippen LogP contribution in [0.5, 0.6) is 0 Å². The van der Waals surface area contributed by atoms with Crippen LogP contribution in [0.25, 0.3) is 43.8 Å². The van der Waals surface area contributed by atoms with Crippen molar-refractivity contribution in [2.45, 2.75) is 0 Å². The Morgan fingerprint density at radius 3 is 1.48 bits per heavy atom. The van der Waals surface area contributed by atoms with Gasteiger partial charge in [-0.25, -0.2) is 0 Å². The Bertz CT molecular complexity index is 1250. The Morgan fingerprint density at radius 2 is 0.815 bits per heavy atom. The molecule has 0 amide bonds. The van der Waals surface area contributed by atoms with Crippen molar-refractivity contribution in [3.05, 3.63) is 108 Å². The molecule has 0 aliphatic heterocycles. The molecule has 1 heteroatoms. The molecule has 5 aromatic rings. The fourth-order valence-corrected chi connectivity index (χ4v) is 4.63. The quantitative estimate of drug-likeness (QED) is 0.259. The normalized spacial score (nSPS) is 11.1. The summed E-state index contributed by atoms with van der Waals surface area (Å²) in [5.41, 5.74) is 4.96. The van der Waals surface area contributed by atoms with Crippen molar-refractivity contribution in [1.29, 1.82) is 0 Å². The molecule has 0 aromatic heterocycles. The zero-order valence-corrected chi connectivity index (χ0v) is 16.3. The lowest BCUT2D eigenvalue weighted by Gasteiger charge is -2.14. The van der Waals surface area contributed by atoms with Crippen molar-refractivity contribution in [2.24, 2.45) is 0 Å². The van der Waals surface area contributed by atoms with E-state index in [9.17, 15) is 0 Å². The van der Waals surface area contributed by atoms with Crippen molar-refractivity contribution in [1.82, 2.24) is 0 Å². The van der Waals surface area contributed by atoms with E-state index < -0.39 is 0 Å². The summed E-state index contributed by atoms with van der Waals surface area (Å²) in [5, 5.41) is 5.09. The fourth-order valence-electron chi connectivity index (χ4n) is 3.84. The van der Waals surface area contributed by atoms with Gasteiger partial charge in [0.15, 0.2) is 0 Å². The predicted octanol–water partition coefficient (Wildman–Crippen LogP) is 8.09. The minimum absolute atomic E-state index is 1.16. The van der Waals surface area contributed by atoms with Crippen molar-refractivity contribution in [3.8, 4) is 22.3 Å². The molecule has 0 fully saturated rings. The topological polar surface area (TPSA) is 0 Å². The lowest BCUT2D eigenvalue weighted by atomic mass is 9.92. The van der Waals surface area contributed by atoms with Crippen LogP contribution in [0.4, 0.5) is 0 Å². The number of hydrogen-bond donors (Lipinski definition) is 0. The van der Waals surface area contributed by atoms with Gasteiger partial charge in [0, 0.05) is 10.0 Å². The molecule has 5 rings (SSSR count). The van der Waals surface area contributed by atoms with Gasteiger partial charge in [-0.05, 0) is 54.2 Å². The van der Waals surface area contributed by atoms with E-state index in [-0.39, 0.29) is 0 Å². The highest BCUT2D eigenvalue weighted by Gasteiger charge is 2.13. The summed E-state index contributed by atoms with van der Waals surface area (Å²) in [5.74, 6) is 0. The Morgan fingerprint density at radius 1 is 0.370 bits per heavy atom. The Kier molecular flexibility index (Phi) is 4.03. The van der Waals surface area contributed by atoms with E-state index >= 15 is 0 Å². The second-order valence-corrected chi connectivity index (χ2v) is 7.52.